The Morgan fingerprint density at radius 2 is 1.81 bits per heavy atom. The zero-order valence-electron chi connectivity index (χ0n) is 17.3. The number of para-hydroxylation sites is 1. The van der Waals surface area contributed by atoms with Gasteiger partial charge in [0, 0.05) is 30.6 Å². The molecule has 3 unspecified atom stereocenters. The van der Waals surface area contributed by atoms with E-state index in [0.29, 0.717) is 11.6 Å². The smallest absolute Gasteiger partial charge is 0.376 e. The number of halogens is 3. The summed E-state index contributed by atoms with van der Waals surface area (Å²) in [6.45, 7) is 3.37. The average molecular weight is 469 g/mol. The van der Waals surface area contributed by atoms with Gasteiger partial charge in [-0.25, -0.2) is 4.98 Å². The Hall–Kier alpha value is -2.82. The van der Waals surface area contributed by atoms with E-state index in [1.54, 1.807) is 4.90 Å². The number of nitrogens with zero attached hydrogens (tertiary/aromatic N) is 2. The summed E-state index contributed by atoms with van der Waals surface area (Å²) in [6.07, 6.45) is 1.95. The third-order valence-corrected chi connectivity index (χ3v) is 6.77. The van der Waals surface area contributed by atoms with Crippen LogP contribution in [0.25, 0.3) is 0 Å². The van der Waals surface area contributed by atoms with Crippen LogP contribution in [-0.2, 0) is 14.9 Å². The van der Waals surface area contributed by atoms with Crippen LogP contribution in [0.1, 0.15) is 38.4 Å². The highest BCUT2D eigenvalue weighted by atomic mass is 32.2. The third kappa shape index (κ3) is 4.13. The molecule has 4 rings (SSSR count). The molecule has 1 saturated carbocycles. The van der Waals surface area contributed by atoms with E-state index in [9.17, 15) is 26.4 Å². The van der Waals surface area contributed by atoms with Gasteiger partial charge in [0.25, 0.3) is 0 Å². The van der Waals surface area contributed by atoms with Crippen molar-refractivity contribution >= 4 is 27.4 Å². The molecule has 0 saturated heterocycles. The molecule has 3 atom stereocenters. The van der Waals surface area contributed by atoms with Crippen LogP contribution < -0.4 is 14.4 Å². The minimum atomic E-state index is -5.87. The number of fused-ring (bicyclic) bond motifs is 1. The maximum atomic E-state index is 12.8. The molecule has 1 fully saturated rings. The fourth-order valence-corrected chi connectivity index (χ4v) is 4.71. The summed E-state index contributed by atoms with van der Waals surface area (Å²) in [5, 5.41) is 3.35. The van der Waals surface area contributed by atoms with E-state index in [2.05, 4.69) is 14.5 Å². The van der Waals surface area contributed by atoms with Crippen LogP contribution in [-0.4, -0.2) is 30.9 Å². The lowest BCUT2D eigenvalue weighted by molar-refractivity contribution is -0.117. The van der Waals surface area contributed by atoms with E-state index < -0.39 is 27.5 Å². The first-order chi connectivity index (χ1) is 15.0. The highest BCUT2D eigenvalue weighted by molar-refractivity contribution is 7.87. The molecule has 2 aromatic rings. The van der Waals surface area contributed by atoms with Gasteiger partial charge in [-0.1, -0.05) is 25.1 Å². The van der Waals surface area contributed by atoms with Crippen LogP contribution in [0.4, 0.5) is 24.5 Å². The van der Waals surface area contributed by atoms with E-state index in [-0.39, 0.29) is 23.6 Å². The second-order valence-corrected chi connectivity index (χ2v) is 9.64. The van der Waals surface area contributed by atoms with Crippen molar-refractivity contribution < 1.29 is 30.6 Å². The number of carbonyl (C=O) groups is 1. The second-order valence-electron chi connectivity index (χ2n) is 8.10. The average Bonchev–Trinajstić information content (AvgIpc) is 3.54. The van der Waals surface area contributed by atoms with Crippen molar-refractivity contribution in [2.45, 2.75) is 44.3 Å². The van der Waals surface area contributed by atoms with Gasteiger partial charge in [0.15, 0.2) is 0 Å². The molecule has 1 N–H and O–H groups in total. The SMILES string of the molecule is CC(=O)N1c2ccc(OS(=O)(=O)C(F)(F)F)nc2C(Nc2ccccc2)C(C)C1C1CC1. The van der Waals surface area contributed by atoms with Crippen LogP contribution in [0.15, 0.2) is 42.5 Å². The molecule has 0 spiro atoms. The third-order valence-electron chi connectivity index (χ3n) is 5.81. The number of amides is 1. The van der Waals surface area contributed by atoms with Crippen molar-refractivity contribution in [3.8, 4) is 5.88 Å². The van der Waals surface area contributed by atoms with Gasteiger partial charge in [0.1, 0.15) is 0 Å². The first kappa shape index (κ1) is 22.4. The van der Waals surface area contributed by atoms with Gasteiger partial charge in [0.2, 0.25) is 11.8 Å². The molecule has 0 radical (unpaired) electrons. The predicted molar refractivity (Wildman–Crippen MR) is 111 cm³/mol. The van der Waals surface area contributed by atoms with E-state index in [0.717, 1.165) is 24.6 Å². The zero-order valence-corrected chi connectivity index (χ0v) is 18.2. The molecule has 32 heavy (non-hydrogen) atoms. The first-order valence-corrected chi connectivity index (χ1v) is 11.5. The van der Waals surface area contributed by atoms with Crippen LogP contribution in [0.5, 0.6) is 5.88 Å². The largest absolute Gasteiger partial charge is 0.534 e. The lowest BCUT2D eigenvalue weighted by Crippen LogP contribution is -2.51. The Morgan fingerprint density at radius 1 is 1.16 bits per heavy atom. The highest BCUT2D eigenvalue weighted by Gasteiger charge is 2.50. The molecule has 1 aliphatic carbocycles. The molecule has 1 amide bonds. The van der Waals surface area contributed by atoms with E-state index >= 15 is 0 Å². The Labute approximate surface area is 183 Å². The lowest BCUT2D eigenvalue weighted by atomic mass is 9.82. The van der Waals surface area contributed by atoms with Crippen molar-refractivity contribution in [2.75, 3.05) is 10.2 Å². The Kier molecular flexibility index (Phi) is 5.56. The van der Waals surface area contributed by atoms with Crippen molar-refractivity contribution in [2.24, 2.45) is 11.8 Å². The van der Waals surface area contributed by atoms with Crippen molar-refractivity contribution in [1.29, 1.82) is 0 Å². The van der Waals surface area contributed by atoms with Gasteiger partial charge in [-0.2, -0.15) is 21.6 Å². The van der Waals surface area contributed by atoms with Gasteiger partial charge in [-0.15, -0.1) is 0 Å². The normalized spacial score (nSPS) is 23.4. The summed E-state index contributed by atoms with van der Waals surface area (Å²) in [5.74, 6) is -0.766. The number of anilines is 2. The number of aromatic nitrogens is 1. The van der Waals surface area contributed by atoms with Crippen molar-refractivity contribution in [3.63, 3.8) is 0 Å². The molecule has 1 aromatic carbocycles. The number of alkyl halides is 3. The maximum absolute atomic E-state index is 12.8. The number of benzene rings is 1. The number of pyridine rings is 1. The molecule has 0 bridgehead atoms. The predicted octanol–water partition coefficient (Wildman–Crippen LogP) is 4.24. The minimum absolute atomic E-state index is 0.117. The van der Waals surface area contributed by atoms with Gasteiger partial charge < -0.3 is 14.4 Å². The number of nitrogens with one attached hydrogen (secondary N) is 1. The molecular formula is C21H22F3N3O4S. The fraction of sp³-hybridized carbons (Fsp3) is 0.429. The molecule has 1 aliphatic heterocycles. The summed E-state index contributed by atoms with van der Waals surface area (Å²) in [7, 11) is -5.87. The fourth-order valence-electron chi connectivity index (χ4n) is 4.30. The number of rotatable bonds is 5. The van der Waals surface area contributed by atoms with Gasteiger partial charge in [-0.05, 0) is 37.0 Å². The van der Waals surface area contributed by atoms with E-state index in [1.807, 2.05) is 37.3 Å². The monoisotopic (exact) mass is 469 g/mol. The number of carbonyl (C=O) groups excluding carboxylic acids is 1. The van der Waals surface area contributed by atoms with Gasteiger partial charge in [0.05, 0.1) is 17.4 Å². The number of hydrogen-bond acceptors (Lipinski definition) is 6. The van der Waals surface area contributed by atoms with E-state index in [4.69, 9.17) is 0 Å². The van der Waals surface area contributed by atoms with Crippen LogP contribution in [0, 0.1) is 11.8 Å². The summed E-state index contributed by atoms with van der Waals surface area (Å²) in [6, 6.07) is 11.0. The topological polar surface area (TPSA) is 88.6 Å². The maximum Gasteiger partial charge on any atom is 0.534 e. The second kappa shape index (κ2) is 7.95. The highest BCUT2D eigenvalue weighted by Crippen LogP contribution is 2.50. The molecule has 7 nitrogen and oxygen atoms in total. The minimum Gasteiger partial charge on any atom is -0.376 e. The summed E-state index contributed by atoms with van der Waals surface area (Å²) >= 11 is 0. The van der Waals surface area contributed by atoms with Crippen molar-refractivity contribution in [1.82, 2.24) is 4.98 Å². The van der Waals surface area contributed by atoms with E-state index in [1.165, 1.54) is 13.0 Å². The lowest BCUT2D eigenvalue weighted by Gasteiger charge is -2.45. The Bertz CT molecular complexity index is 1120. The zero-order chi connectivity index (χ0) is 23.3. The molecule has 172 valence electrons. The molecule has 2 aliphatic rings. The summed E-state index contributed by atoms with van der Waals surface area (Å²) in [5.41, 5.74) is -4.14. The first-order valence-electron chi connectivity index (χ1n) is 10.1. The number of hydrogen-bond donors (Lipinski definition) is 1. The summed E-state index contributed by atoms with van der Waals surface area (Å²) in [4.78, 5) is 18.3. The Balaban J connectivity index is 1.80. The van der Waals surface area contributed by atoms with Crippen LogP contribution >= 0.6 is 0 Å². The van der Waals surface area contributed by atoms with Crippen LogP contribution in [0.2, 0.25) is 0 Å². The molecule has 2 heterocycles. The quantitative estimate of drug-likeness (QED) is 0.521. The molecular weight excluding hydrogens is 447 g/mol. The Morgan fingerprint density at radius 3 is 2.38 bits per heavy atom. The molecule has 1 aromatic heterocycles. The van der Waals surface area contributed by atoms with Crippen LogP contribution in [0.3, 0.4) is 0 Å². The van der Waals surface area contributed by atoms with Gasteiger partial charge >= 0.3 is 15.6 Å². The van der Waals surface area contributed by atoms with Crippen molar-refractivity contribution in [3.05, 3.63) is 48.2 Å². The standard InChI is InChI=1S/C21H22F3N3O4S/c1-12-18(25-15-6-4-3-5-7-15)19-16(27(13(2)28)20(12)14-8-9-14)10-11-17(26-19)31-32(29,30)21(22,23)24/h3-7,10-12,14,18,20,25H,8-9H2,1-2H3. The van der Waals surface area contributed by atoms with Gasteiger partial charge in [-0.3, -0.25) is 4.79 Å². The summed E-state index contributed by atoms with van der Waals surface area (Å²) < 4.78 is 65.6. The molecule has 11 heteroatoms.